The molecule has 0 aliphatic carbocycles. The van der Waals surface area contributed by atoms with Gasteiger partial charge in [0.15, 0.2) is 0 Å². The fourth-order valence-corrected chi connectivity index (χ4v) is 1.74. The van der Waals surface area contributed by atoms with Gasteiger partial charge in [0.05, 0.1) is 14.2 Å². The summed E-state index contributed by atoms with van der Waals surface area (Å²) >= 11 is 0. The Morgan fingerprint density at radius 2 is 1.35 bits per heavy atom. The topological polar surface area (TPSA) is 18.5 Å². The molecule has 2 rings (SSSR count). The van der Waals surface area contributed by atoms with Gasteiger partial charge in [-0.1, -0.05) is 36.4 Å². The highest BCUT2D eigenvalue weighted by molar-refractivity contribution is 5.53. The van der Waals surface area contributed by atoms with E-state index in [1.54, 1.807) is 14.2 Å². The molecule has 17 heavy (non-hydrogen) atoms. The number of rotatable bonds is 4. The summed E-state index contributed by atoms with van der Waals surface area (Å²) in [4.78, 5) is 0. The molecule has 0 aliphatic rings. The predicted molar refractivity (Wildman–Crippen MR) is 68.5 cm³/mol. The lowest BCUT2D eigenvalue weighted by atomic mass is 10.0. The molecule has 0 bridgehead atoms. The molecule has 0 spiro atoms. The van der Waals surface area contributed by atoms with E-state index in [4.69, 9.17) is 9.47 Å². The second-order valence-electron chi connectivity index (χ2n) is 3.63. The summed E-state index contributed by atoms with van der Waals surface area (Å²) in [6.07, 6.45) is 2.05. The van der Waals surface area contributed by atoms with Crippen LogP contribution in [0.4, 0.5) is 0 Å². The van der Waals surface area contributed by atoms with Crippen LogP contribution in [-0.4, -0.2) is 14.2 Å². The van der Waals surface area contributed by atoms with Crippen LogP contribution < -0.4 is 9.47 Å². The zero-order chi connectivity index (χ0) is 12.1. The third kappa shape index (κ3) is 2.59. The smallest absolute Gasteiger partial charge is 0.126 e. The third-order valence-electron chi connectivity index (χ3n) is 2.58. The van der Waals surface area contributed by atoms with Crippen LogP contribution in [0, 0.1) is 6.42 Å². The SMILES string of the molecule is COc1cccc(OC)c1[CH]c1ccccc1. The van der Waals surface area contributed by atoms with E-state index in [2.05, 4.69) is 6.42 Å². The molecule has 2 heteroatoms. The Balaban J connectivity index is 2.37. The maximum atomic E-state index is 5.35. The van der Waals surface area contributed by atoms with Gasteiger partial charge in [-0.3, -0.25) is 0 Å². The van der Waals surface area contributed by atoms with Crippen molar-refractivity contribution < 1.29 is 9.47 Å². The van der Waals surface area contributed by atoms with Crippen molar-refractivity contribution in [2.24, 2.45) is 0 Å². The molecule has 0 aromatic heterocycles. The number of hydrogen-bond donors (Lipinski definition) is 0. The molecule has 0 heterocycles. The summed E-state index contributed by atoms with van der Waals surface area (Å²) in [5.74, 6) is 1.63. The van der Waals surface area contributed by atoms with E-state index in [1.807, 2.05) is 48.5 Å². The van der Waals surface area contributed by atoms with Crippen LogP contribution >= 0.6 is 0 Å². The average molecular weight is 227 g/mol. The first kappa shape index (κ1) is 11.5. The van der Waals surface area contributed by atoms with Crippen LogP contribution in [-0.2, 0) is 0 Å². The lowest BCUT2D eigenvalue weighted by Crippen LogP contribution is -1.96. The van der Waals surface area contributed by atoms with Gasteiger partial charge in [0, 0.05) is 12.0 Å². The molecule has 87 valence electrons. The molecule has 1 radical (unpaired) electrons. The largest absolute Gasteiger partial charge is 0.496 e. The Kier molecular flexibility index (Phi) is 3.66. The van der Waals surface area contributed by atoms with Gasteiger partial charge in [-0.25, -0.2) is 0 Å². The highest BCUT2D eigenvalue weighted by atomic mass is 16.5. The van der Waals surface area contributed by atoms with Gasteiger partial charge < -0.3 is 9.47 Å². The minimum Gasteiger partial charge on any atom is -0.496 e. The first-order valence-electron chi connectivity index (χ1n) is 5.46. The normalized spacial score (nSPS) is 10.0. The van der Waals surface area contributed by atoms with Crippen molar-refractivity contribution in [1.82, 2.24) is 0 Å². The Hall–Kier alpha value is -1.96. The molecule has 2 nitrogen and oxygen atoms in total. The maximum absolute atomic E-state index is 5.35. The third-order valence-corrected chi connectivity index (χ3v) is 2.58. The van der Waals surface area contributed by atoms with Crippen molar-refractivity contribution in [1.29, 1.82) is 0 Å². The molecule has 0 aliphatic heterocycles. The highest BCUT2D eigenvalue weighted by Gasteiger charge is 2.10. The number of methoxy groups -OCH3 is 2. The van der Waals surface area contributed by atoms with Gasteiger partial charge in [-0.05, 0) is 17.7 Å². The molecule has 0 fully saturated rings. The summed E-state index contributed by atoms with van der Waals surface area (Å²) in [5, 5.41) is 0. The van der Waals surface area contributed by atoms with Crippen LogP contribution in [0.5, 0.6) is 11.5 Å². The van der Waals surface area contributed by atoms with Crippen molar-refractivity contribution >= 4 is 0 Å². The van der Waals surface area contributed by atoms with Crippen LogP contribution in [0.15, 0.2) is 48.5 Å². The molecule has 0 N–H and O–H groups in total. The van der Waals surface area contributed by atoms with Gasteiger partial charge in [0.1, 0.15) is 11.5 Å². The summed E-state index contributed by atoms with van der Waals surface area (Å²) in [5.41, 5.74) is 2.08. The van der Waals surface area contributed by atoms with Crippen molar-refractivity contribution in [2.45, 2.75) is 0 Å². The van der Waals surface area contributed by atoms with E-state index in [0.29, 0.717) is 0 Å². The average Bonchev–Trinajstić information content (AvgIpc) is 2.40. The zero-order valence-corrected chi connectivity index (χ0v) is 10.0. The Bertz CT molecular complexity index is 455. The molecule has 2 aromatic rings. The van der Waals surface area contributed by atoms with Crippen molar-refractivity contribution in [2.75, 3.05) is 14.2 Å². The molecular formula is C15H15O2. The number of benzene rings is 2. The molecular weight excluding hydrogens is 212 g/mol. The molecule has 0 unspecified atom stereocenters. The number of ether oxygens (including phenoxy) is 2. The van der Waals surface area contributed by atoms with E-state index < -0.39 is 0 Å². The van der Waals surface area contributed by atoms with Crippen LogP contribution in [0.2, 0.25) is 0 Å². The summed E-state index contributed by atoms with van der Waals surface area (Å²) in [6.45, 7) is 0. The zero-order valence-electron chi connectivity index (χ0n) is 10.0. The molecule has 0 atom stereocenters. The molecule has 2 aromatic carbocycles. The molecule has 0 saturated carbocycles. The fraction of sp³-hybridized carbons (Fsp3) is 0.133. The van der Waals surface area contributed by atoms with Crippen molar-refractivity contribution in [3.05, 3.63) is 66.1 Å². The van der Waals surface area contributed by atoms with Gasteiger partial charge in [0.2, 0.25) is 0 Å². The van der Waals surface area contributed by atoms with Crippen LogP contribution in [0.1, 0.15) is 11.1 Å². The van der Waals surface area contributed by atoms with E-state index in [1.165, 1.54) is 0 Å². The minimum atomic E-state index is 0.813. The van der Waals surface area contributed by atoms with E-state index in [0.717, 1.165) is 22.6 Å². The van der Waals surface area contributed by atoms with Gasteiger partial charge >= 0.3 is 0 Å². The monoisotopic (exact) mass is 227 g/mol. The summed E-state index contributed by atoms with van der Waals surface area (Å²) in [7, 11) is 3.33. The minimum absolute atomic E-state index is 0.813. The lowest BCUT2D eigenvalue weighted by molar-refractivity contribution is 0.390. The molecule has 0 amide bonds. The second kappa shape index (κ2) is 5.39. The van der Waals surface area contributed by atoms with Gasteiger partial charge in [-0.2, -0.15) is 0 Å². The van der Waals surface area contributed by atoms with E-state index in [9.17, 15) is 0 Å². The Morgan fingerprint density at radius 3 is 1.88 bits per heavy atom. The van der Waals surface area contributed by atoms with Gasteiger partial charge in [0.25, 0.3) is 0 Å². The first-order chi connectivity index (χ1) is 8.35. The Labute approximate surface area is 102 Å². The number of hydrogen-bond acceptors (Lipinski definition) is 2. The van der Waals surface area contributed by atoms with Crippen molar-refractivity contribution in [3.8, 4) is 11.5 Å². The van der Waals surface area contributed by atoms with E-state index >= 15 is 0 Å². The maximum Gasteiger partial charge on any atom is 0.126 e. The quantitative estimate of drug-likeness (QED) is 0.797. The van der Waals surface area contributed by atoms with Crippen LogP contribution in [0.25, 0.3) is 0 Å². The summed E-state index contributed by atoms with van der Waals surface area (Å²) < 4.78 is 10.7. The predicted octanol–water partition coefficient (Wildman–Crippen LogP) is 3.30. The van der Waals surface area contributed by atoms with Crippen molar-refractivity contribution in [3.63, 3.8) is 0 Å². The first-order valence-corrected chi connectivity index (χ1v) is 5.46. The Morgan fingerprint density at radius 1 is 0.765 bits per heavy atom. The van der Waals surface area contributed by atoms with Crippen LogP contribution in [0.3, 0.4) is 0 Å². The van der Waals surface area contributed by atoms with E-state index in [-0.39, 0.29) is 0 Å². The molecule has 0 saturated heterocycles. The lowest BCUT2D eigenvalue weighted by Gasteiger charge is -2.12. The summed E-state index contributed by atoms with van der Waals surface area (Å²) in [6, 6.07) is 15.9. The second-order valence-corrected chi connectivity index (χ2v) is 3.63. The standard InChI is InChI=1S/C15H15O2/c1-16-14-9-6-10-15(17-2)13(14)11-12-7-4-3-5-8-12/h3-11H,1-2H3. The fourth-order valence-electron chi connectivity index (χ4n) is 1.74. The van der Waals surface area contributed by atoms with Gasteiger partial charge in [-0.15, -0.1) is 0 Å². The highest BCUT2D eigenvalue weighted by Crippen LogP contribution is 2.31.